The second-order valence-corrected chi connectivity index (χ2v) is 6.38. The number of nitrogens with one attached hydrogen (secondary N) is 2. The molecule has 0 aromatic heterocycles. The molecule has 1 aromatic rings. The predicted octanol–water partition coefficient (Wildman–Crippen LogP) is 2.07. The molecule has 2 N–H and O–H groups in total. The number of hydrogen-bond acceptors (Lipinski definition) is 3. The van der Waals surface area contributed by atoms with Gasteiger partial charge in [0.05, 0.1) is 6.54 Å². The topological polar surface area (TPSA) is 44.4 Å². The molecule has 1 aromatic carbocycles. The van der Waals surface area contributed by atoms with Crippen LogP contribution < -0.4 is 10.6 Å². The monoisotopic (exact) mass is 325 g/mol. The van der Waals surface area contributed by atoms with Crippen LogP contribution in [-0.4, -0.2) is 42.5 Å². The zero-order valence-corrected chi connectivity index (χ0v) is 13.0. The van der Waals surface area contributed by atoms with E-state index in [9.17, 15) is 4.79 Å². The van der Waals surface area contributed by atoms with Crippen LogP contribution in [0.15, 0.2) is 28.7 Å². The minimum atomic E-state index is 0.0207. The van der Waals surface area contributed by atoms with E-state index in [1.807, 2.05) is 24.3 Å². The van der Waals surface area contributed by atoms with Crippen LogP contribution >= 0.6 is 15.9 Å². The molecular weight excluding hydrogens is 306 g/mol. The second kappa shape index (κ2) is 6.03. The van der Waals surface area contributed by atoms with Crippen molar-refractivity contribution in [2.24, 2.45) is 0 Å². The van der Waals surface area contributed by atoms with Crippen molar-refractivity contribution in [3.05, 3.63) is 28.7 Å². The summed E-state index contributed by atoms with van der Waals surface area (Å²) in [4.78, 5) is 14.3. The molecule has 0 bridgehead atoms. The van der Waals surface area contributed by atoms with Crippen molar-refractivity contribution in [1.82, 2.24) is 10.2 Å². The van der Waals surface area contributed by atoms with Crippen molar-refractivity contribution in [2.45, 2.75) is 19.4 Å². The Kier molecular flexibility index (Phi) is 4.60. The predicted molar refractivity (Wildman–Crippen MR) is 81.3 cm³/mol. The quantitative estimate of drug-likeness (QED) is 0.894. The average molecular weight is 326 g/mol. The van der Waals surface area contributed by atoms with Crippen LogP contribution in [0.25, 0.3) is 0 Å². The second-order valence-electron chi connectivity index (χ2n) is 5.47. The first-order chi connectivity index (χ1) is 8.97. The summed E-state index contributed by atoms with van der Waals surface area (Å²) in [6.07, 6.45) is 0. The van der Waals surface area contributed by atoms with Gasteiger partial charge in [-0.15, -0.1) is 0 Å². The number of nitrogens with zero attached hydrogens (tertiary/aromatic N) is 1. The maximum Gasteiger partial charge on any atom is 0.238 e. The Hall–Kier alpha value is -0.910. The Morgan fingerprint density at radius 3 is 3.00 bits per heavy atom. The van der Waals surface area contributed by atoms with Crippen LogP contribution in [0.5, 0.6) is 0 Å². The molecule has 2 rings (SSSR count). The van der Waals surface area contributed by atoms with Gasteiger partial charge in [-0.05, 0) is 32.0 Å². The fourth-order valence-corrected chi connectivity index (χ4v) is 2.66. The van der Waals surface area contributed by atoms with Gasteiger partial charge in [0, 0.05) is 35.3 Å². The summed E-state index contributed by atoms with van der Waals surface area (Å²) < 4.78 is 0.966. The molecule has 104 valence electrons. The van der Waals surface area contributed by atoms with Gasteiger partial charge in [0.25, 0.3) is 0 Å². The SMILES string of the molecule is CC1(C)CNCCN1CC(=O)Nc1cccc(Br)c1. The summed E-state index contributed by atoms with van der Waals surface area (Å²) in [6.45, 7) is 7.50. The highest BCUT2D eigenvalue weighted by molar-refractivity contribution is 9.10. The molecular formula is C14H20BrN3O. The molecule has 1 heterocycles. The fourth-order valence-electron chi connectivity index (χ4n) is 2.26. The van der Waals surface area contributed by atoms with E-state index >= 15 is 0 Å². The Balaban J connectivity index is 1.94. The molecule has 0 saturated carbocycles. The van der Waals surface area contributed by atoms with Crippen molar-refractivity contribution in [1.29, 1.82) is 0 Å². The largest absolute Gasteiger partial charge is 0.325 e. The van der Waals surface area contributed by atoms with Crippen molar-refractivity contribution >= 4 is 27.5 Å². The van der Waals surface area contributed by atoms with Crippen LogP contribution in [0, 0.1) is 0 Å². The van der Waals surface area contributed by atoms with Gasteiger partial charge in [0.1, 0.15) is 0 Å². The summed E-state index contributed by atoms with van der Waals surface area (Å²) >= 11 is 3.40. The van der Waals surface area contributed by atoms with Crippen molar-refractivity contribution in [3.8, 4) is 0 Å². The van der Waals surface area contributed by atoms with E-state index in [0.717, 1.165) is 29.8 Å². The highest BCUT2D eigenvalue weighted by atomic mass is 79.9. The highest BCUT2D eigenvalue weighted by Crippen LogP contribution is 2.18. The van der Waals surface area contributed by atoms with E-state index < -0.39 is 0 Å². The van der Waals surface area contributed by atoms with Crippen LogP contribution in [0.2, 0.25) is 0 Å². The number of anilines is 1. The molecule has 0 radical (unpaired) electrons. The van der Waals surface area contributed by atoms with Crippen LogP contribution in [0.1, 0.15) is 13.8 Å². The van der Waals surface area contributed by atoms with Gasteiger partial charge < -0.3 is 10.6 Å². The van der Waals surface area contributed by atoms with Crippen LogP contribution in [0.4, 0.5) is 5.69 Å². The van der Waals surface area contributed by atoms with Crippen molar-refractivity contribution in [2.75, 3.05) is 31.5 Å². The Labute approximate surface area is 122 Å². The van der Waals surface area contributed by atoms with Crippen molar-refractivity contribution < 1.29 is 4.79 Å². The van der Waals surface area contributed by atoms with E-state index in [4.69, 9.17) is 0 Å². The van der Waals surface area contributed by atoms with E-state index in [1.54, 1.807) is 0 Å². The van der Waals surface area contributed by atoms with E-state index in [0.29, 0.717) is 6.54 Å². The molecule has 1 amide bonds. The van der Waals surface area contributed by atoms with Crippen LogP contribution in [-0.2, 0) is 4.79 Å². The minimum Gasteiger partial charge on any atom is -0.325 e. The van der Waals surface area contributed by atoms with E-state index in [2.05, 4.69) is 45.3 Å². The smallest absolute Gasteiger partial charge is 0.238 e. The Morgan fingerprint density at radius 1 is 1.53 bits per heavy atom. The first-order valence-electron chi connectivity index (χ1n) is 6.48. The molecule has 0 spiro atoms. The zero-order valence-electron chi connectivity index (χ0n) is 11.4. The summed E-state index contributed by atoms with van der Waals surface area (Å²) in [7, 11) is 0. The first kappa shape index (κ1) is 14.5. The van der Waals surface area contributed by atoms with Gasteiger partial charge in [-0.25, -0.2) is 0 Å². The number of benzene rings is 1. The molecule has 19 heavy (non-hydrogen) atoms. The number of piperazine rings is 1. The highest BCUT2D eigenvalue weighted by Gasteiger charge is 2.30. The number of rotatable bonds is 3. The third-order valence-electron chi connectivity index (χ3n) is 3.42. The number of hydrogen-bond donors (Lipinski definition) is 2. The molecule has 1 aliphatic heterocycles. The molecule has 4 nitrogen and oxygen atoms in total. The number of amides is 1. The lowest BCUT2D eigenvalue weighted by Crippen LogP contribution is -2.59. The summed E-state index contributed by atoms with van der Waals surface area (Å²) in [5, 5.41) is 6.29. The molecule has 1 fully saturated rings. The number of carbonyl (C=O) groups excluding carboxylic acids is 1. The van der Waals surface area contributed by atoms with Gasteiger partial charge in [0.15, 0.2) is 0 Å². The number of halogens is 1. The van der Waals surface area contributed by atoms with Gasteiger partial charge >= 0.3 is 0 Å². The lowest BCUT2D eigenvalue weighted by molar-refractivity contribution is -0.119. The van der Waals surface area contributed by atoms with Crippen LogP contribution in [0.3, 0.4) is 0 Å². The maximum absolute atomic E-state index is 12.1. The maximum atomic E-state index is 12.1. The van der Waals surface area contributed by atoms with Gasteiger partial charge in [-0.2, -0.15) is 0 Å². The molecule has 0 unspecified atom stereocenters. The standard InChI is InChI=1S/C14H20BrN3O/c1-14(2)10-16-6-7-18(14)9-13(19)17-12-5-3-4-11(15)8-12/h3-5,8,16H,6-7,9-10H2,1-2H3,(H,17,19). The normalized spacial score (nSPS) is 19.1. The Morgan fingerprint density at radius 2 is 2.32 bits per heavy atom. The third-order valence-corrected chi connectivity index (χ3v) is 3.91. The summed E-state index contributed by atoms with van der Waals surface area (Å²) in [5.74, 6) is 0.0353. The van der Waals surface area contributed by atoms with Gasteiger partial charge in [-0.3, -0.25) is 9.69 Å². The van der Waals surface area contributed by atoms with Gasteiger partial charge in [0.2, 0.25) is 5.91 Å². The van der Waals surface area contributed by atoms with E-state index in [1.165, 1.54) is 0 Å². The number of carbonyl (C=O) groups is 1. The zero-order chi connectivity index (χ0) is 13.9. The molecule has 1 aliphatic rings. The van der Waals surface area contributed by atoms with Gasteiger partial charge in [-0.1, -0.05) is 22.0 Å². The summed E-state index contributed by atoms with van der Waals surface area (Å²) in [5.41, 5.74) is 0.847. The Bertz CT molecular complexity index is 462. The minimum absolute atomic E-state index is 0.0207. The summed E-state index contributed by atoms with van der Waals surface area (Å²) in [6, 6.07) is 7.65. The first-order valence-corrected chi connectivity index (χ1v) is 7.28. The molecule has 0 atom stereocenters. The van der Waals surface area contributed by atoms with Crippen molar-refractivity contribution in [3.63, 3.8) is 0 Å². The fraction of sp³-hybridized carbons (Fsp3) is 0.500. The average Bonchev–Trinajstić information content (AvgIpc) is 2.32. The molecule has 0 aliphatic carbocycles. The van der Waals surface area contributed by atoms with E-state index in [-0.39, 0.29) is 11.4 Å². The molecule has 1 saturated heterocycles. The third kappa shape index (κ3) is 4.03. The molecule has 5 heteroatoms. The lowest BCUT2D eigenvalue weighted by atomic mass is 10.0. The lowest BCUT2D eigenvalue weighted by Gasteiger charge is -2.42.